The highest BCUT2D eigenvalue weighted by Gasteiger charge is 1.99. The van der Waals surface area contributed by atoms with Gasteiger partial charge in [0.25, 0.3) is 6.43 Å². The molecule has 1 N–H and O–H groups in total. The molecule has 0 spiro atoms. The van der Waals surface area contributed by atoms with Crippen LogP contribution in [0.1, 0.15) is 58.3 Å². The van der Waals surface area contributed by atoms with E-state index in [1.807, 2.05) is 0 Å². The van der Waals surface area contributed by atoms with Gasteiger partial charge in [0.15, 0.2) is 0 Å². The van der Waals surface area contributed by atoms with Gasteiger partial charge in [0.2, 0.25) is 0 Å². The minimum Gasteiger partial charge on any atom is -0.311 e. The van der Waals surface area contributed by atoms with Crippen LogP contribution < -0.4 is 5.32 Å². The normalized spacial score (nSPS) is 11.2. The molecule has 0 aliphatic carbocycles. The molecule has 0 atom stereocenters. The lowest BCUT2D eigenvalue weighted by Gasteiger charge is -2.03. The molecule has 1 nitrogen and oxygen atoms in total. The average molecular weight is 221 g/mol. The van der Waals surface area contributed by atoms with Crippen LogP contribution in [0.5, 0.6) is 0 Å². The Kier molecular flexibility index (Phi) is 11.7. The molecule has 0 unspecified atom stereocenters. The van der Waals surface area contributed by atoms with E-state index >= 15 is 0 Å². The van der Waals surface area contributed by atoms with Crippen molar-refractivity contribution in [3.8, 4) is 0 Å². The summed E-state index contributed by atoms with van der Waals surface area (Å²) in [6.07, 6.45) is 7.85. The van der Waals surface area contributed by atoms with Gasteiger partial charge in [-0.05, 0) is 13.0 Å². The molecule has 92 valence electrons. The fourth-order valence-electron chi connectivity index (χ4n) is 1.60. The second-order valence-electron chi connectivity index (χ2n) is 4.07. The third-order valence-electron chi connectivity index (χ3n) is 2.51. The Labute approximate surface area is 92.6 Å². The zero-order valence-corrected chi connectivity index (χ0v) is 9.90. The fourth-order valence-corrected chi connectivity index (χ4v) is 1.60. The van der Waals surface area contributed by atoms with Crippen molar-refractivity contribution >= 4 is 0 Å². The molecule has 0 bridgehead atoms. The molecule has 0 rings (SSSR count). The van der Waals surface area contributed by atoms with Gasteiger partial charge in [-0.1, -0.05) is 51.9 Å². The molecule has 0 amide bonds. The second kappa shape index (κ2) is 11.9. The maximum atomic E-state index is 11.7. The average Bonchev–Trinajstić information content (AvgIpc) is 2.20. The van der Waals surface area contributed by atoms with E-state index in [4.69, 9.17) is 0 Å². The number of hydrogen-bond donors (Lipinski definition) is 1. The molecular weight excluding hydrogens is 196 g/mol. The van der Waals surface area contributed by atoms with E-state index in [-0.39, 0.29) is 6.54 Å². The van der Waals surface area contributed by atoms with Crippen molar-refractivity contribution in [1.29, 1.82) is 0 Å². The zero-order valence-electron chi connectivity index (χ0n) is 9.90. The molecule has 3 heteroatoms. The van der Waals surface area contributed by atoms with Crippen LogP contribution in [0.25, 0.3) is 0 Å². The predicted molar refractivity (Wildman–Crippen MR) is 61.5 cm³/mol. The van der Waals surface area contributed by atoms with Gasteiger partial charge >= 0.3 is 0 Å². The Balaban J connectivity index is 2.87. The first kappa shape index (κ1) is 14.8. The summed E-state index contributed by atoms with van der Waals surface area (Å²) in [5.74, 6) is 0. The van der Waals surface area contributed by atoms with E-state index in [2.05, 4.69) is 12.2 Å². The topological polar surface area (TPSA) is 12.0 Å². The Morgan fingerprint density at radius 2 is 1.40 bits per heavy atom. The molecule has 0 heterocycles. The maximum absolute atomic E-state index is 11.7. The Bertz CT molecular complexity index is 118. The minimum atomic E-state index is -2.21. The maximum Gasteiger partial charge on any atom is 0.250 e. The highest BCUT2D eigenvalue weighted by molar-refractivity contribution is 4.51. The Morgan fingerprint density at radius 1 is 0.867 bits per heavy atom. The smallest absolute Gasteiger partial charge is 0.250 e. The Hall–Kier alpha value is -0.180. The highest BCUT2D eigenvalue weighted by Crippen LogP contribution is 2.07. The van der Waals surface area contributed by atoms with Crippen LogP contribution in [0.4, 0.5) is 8.78 Å². The van der Waals surface area contributed by atoms with E-state index in [1.165, 1.54) is 44.9 Å². The van der Waals surface area contributed by atoms with Gasteiger partial charge in [0.05, 0.1) is 6.54 Å². The SMILES string of the molecule is CCCCCCCCCCNCC(F)F. The van der Waals surface area contributed by atoms with Crippen LogP contribution >= 0.6 is 0 Å². The lowest BCUT2D eigenvalue weighted by molar-refractivity contribution is 0.146. The van der Waals surface area contributed by atoms with Gasteiger partial charge in [-0.25, -0.2) is 8.78 Å². The summed E-state index contributed by atoms with van der Waals surface area (Å²) in [6.45, 7) is 2.80. The van der Waals surface area contributed by atoms with E-state index in [0.717, 1.165) is 13.0 Å². The highest BCUT2D eigenvalue weighted by atomic mass is 19.3. The van der Waals surface area contributed by atoms with E-state index in [0.29, 0.717) is 0 Å². The molecule has 0 saturated carbocycles. The molecule has 0 fully saturated rings. The summed E-state index contributed by atoms with van der Waals surface area (Å²) in [4.78, 5) is 0. The monoisotopic (exact) mass is 221 g/mol. The molecule has 0 radical (unpaired) electrons. The number of rotatable bonds is 11. The Morgan fingerprint density at radius 3 is 1.93 bits per heavy atom. The molecule has 0 aromatic rings. The number of nitrogens with one attached hydrogen (secondary N) is 1. The van der Waals surface area contributed by atoms with Crippen molar-refractivity contribution < 1.29 is 8.78 Å². The van der Waals surface area contributed by atoms with Gasteiger partial charge in [0.1, 0.15) is 0 Å². The zero-order chi connectivity index (χ0) is 11.4. The van der Waals surface area contributed by atoms with Gasteiger partial charge in [-0.2, -0.15) is 0 Å². The van der Waals surface area contributed by atoms with Gasteiger partial charge in [-0.3, -0.25) is 0 Å². The quantitative estimate of drug-likeness (QED) is 0.520. The first-order chi connectivity index (χ1) is 7.27. The standard InChI is InChI=1S/C12H25F2N/c1-2-3-4-5-6-7-8-9-10-15-11-12(13)14/h12,15H,2-11H2,1H3. The van der Waals surface area contributed by atoms with Crippen molar-refractivity contribution in [3.63, 3.8) is 0 Å². The third-order valence-corrected chi connectivity index (χ3v) is 2.51. The summed E-state index contributed by atoms with van der Waals surface area (Å²) in [5.41, 5.74) is 0. The summed E-state index contributed by atoms with van der Waals surface area (Å²) < 4.78 is 23.4. The number of hydrogen-bond acceptors (Lipinski definition) is 1. The molecular formula is C12H25F2N. The number of unbranched alkanes of at least 4 members (excludes halogenated alkanes) is 7. The lowest BCUT2D eigenvalue weighted by Crippen LogP contribution is -2.22. The van der Waals surface area contributed by atoms with Crippen LogP contribution in [0.2, 0.25) is 0 Å². The predicted octanol–water partition coefficient (Wildman–Crippen LogP) is 3.98. The van der Waals surface area contributed by atoms with Gasteiger partial charge in [0, 0.05) is 0 Å². The second-order valence-corrected chi connectivity index (χ2v) is 4.07. The van der Waals surface area contributed by atoms with Crippen molar-refractivity contribution in [2.24, 2.45) is 0 Å². The van der Waals surface area contributed by atoms with E-state index in [9.17, 15) is 8.78 Å². The van der Waals surface area contributed by atoms with Crippen molar-refractivity contribution in [3.05, 3.63) is 0 Å². The number of alkyl halides is 2. The number of halogens is 2. The third kappa shape index (κ3) is 13.8. The molecule has 0 saturated heterocycles. The molecule has 0 aliphatic heterocycles. The first-order valence-corrected chi connectivity index (χ1v) is 6.26. The van der Waals surface area contributed by atoms with Gasteiger partial charge in [-0.15, -0.1) is 0 Å². The summed E-state index contributed by atoms with van der Waals surface area (Å²) in [6, 6.07) is 0. The summed E-state index contributed by atoms with van der Waals surface area (Å²) in [7, 11) is 0. The van der Waals surface area contributed by atoms with E-state index in [1.54, 1.807) is 0 Å². The van der Waals surface area contributed by atoms with E-state index < -0.39 is 6.43 Å². The summed E-state index contributed by atoms with van der Waals surface area (Å²) >= 11 is 0. The largest absolute Gasteiger partial charge is 0.311 e. The molecule has 0 aliphatic rings. The molecule has 0 aromatic heterocycles. The molecule has 15 heavy (non-hydrogen) atoms. The van der Waals surface area contributed by atoms with Crippen LogP contribution in [-0.4, -0.2) is 19.5 Å². The van der Waals surface area contributed by atoms with Crippen LogP contribution in [0.3, 0.4) is 0 Å². The molecule has 0 aromatic carbocycles. The van der Waals surface area contributed by atoms with Crippen LogP contribution in [0.15, 0.2) is 0 Å². The fraction of sp³-hybridized carbons (Fsp3) is 1.00. The summed E-state index contributed by atoms with van der Waals surface area (Å²) in [5, 5.41) is 2.75. The lowest BCUT2D eigenvalue weighted by atomic mass is 10.1. The van der Waals surface area contributed by atoms with Crippen molar-refractivity contribution in [2.75, 3.05) is 13.1 Å². The van der Waals surface area contributed by atoms with Crippen molar-refractivity contribution in [2.45, 2.75) is 64.7 Å². The minimum absolute atomic E-state index is 0.156. The first-order valence-electron chi connectivity index (χ1n) is 6.26. The van der Waals surface area contributed by atoms with Gasteiger partial charge < -0.3 is 5.32 Å². The van der Waals surface area contributed by atoms with Crippen molar-refractivity contribution in [1.82, 2.24) is 5.32 Å². The van der Waals surface area contributed by atoms with Crippen LogP contribution in [-0.2, 0) is 0 Å². The van der Waals surface area contributed by atoms with Crippen LogP contribution in [0, 0.1) is 0 Å².